The van der Waals surface area contributed by atoms with Crippen molar-refractivity contribution in [1.29, 1.82) is 0 Å². The van der Waals surface area contributed by atoms with Gasteiger partial charge in [-0.25, -0.2) is 4.98 Å². The van der Waals surface area contributed by atoms with Crippen LogP contribution in [0.25, 0.3) is 5.65 Å². The number of nitrogens with zero attached hydrogens (tertiary/aromatic N) is 3. The molecule has 4 heteroatoms. The Morgan fingerprint density at radius 3 is 2.79 bits per heavy atom. The summed E-state index contributed by atoms with van der Waals surface area (Å²) in [5.41, 5.74) is 2.70. The highest BCUT2D eigenvalue weighted by molar-refractivity contribution is 6.09. The maximum atomic E-state index is 12.4. The van der Waals surface area contributed by atoms with Gasteiger partial charge < -0.3 is 0 Å². The van der Waals surface area contributed by atoms with Gasteiger partial charge in [0.15, 0.2) is 0 Å². The summed E-state index contributed by atoms with van der Waals surface area (Å²) in [7, 11) is 0. The second-order valence-electron chi connectivity index (χ2n) is 4.59. The average molecular weight is 249 g/mol. The quantitative estimate of drug-likeness (QED) is 0.664. The molecule has 3 heterocycles. The predicted molar refractivity (Wildman–Crippen MR) is 72.1 cm³/mol. The van der Waals surface area contributed by atoms with Crippen LogP contribution in [0, 0.1) is 0 Å². The molecule has 0 radical (unpaired) electrons. The Labute approximate surface area is 109 Å². The van der Waals surface area contributed by atoms with E-state index >= 15 is 0 Å². The molecule has 4 nitrogen and oxygen atoms in total. The Morgan fingerprint density at radius 1 is 1.05 bits per heavy atom. The zero-order chi connectivity index (χ0) is 12.8. The summed E-state index contributed by atoms with van der Waals surface area (Å²) < 4.78 is 1.93. The summed E-state index contributed by atoms with van der Waals surface area (Å²) in [6.45, 7) is 0.609. The molecular weight excluding hydrogens is 238 g/mol. The SMILES string of the molecule is O=C1c2ccccc2CN1c1cnc2ccccn12. The second-order valence-corrected chi connectivity index (χ2v) is 4.59. The minimum absolute atomic E-state index is 0.0428. The number of amides is 1. The van der Waals surface area contributed by atoms with Gasteiger partial charge in [0.05, 0.1) is 12.7 Å². The number of benzene rings is 1. The van der Waals surface area contributed by atoms with E-state index in [1.54, 1.807) is 11.1 Å². The Kier molecular flexibility index (Phi) is 2.00. The van der Waals surface area contributed by atoms with E-state index in [0.29, 0.717) is 6.54 Å². The number of hydrogen-bond donors (Lipinski definition) is 0. The fraction of sp³-hybridized carbons (Fsp3) is 0.0667. The van der Waals surface area contributed by atoms with E-state index in [0.717, 1.165) is 22.6 Å². The molecular formula is C15H11N3O. The summed E-state index contributed by atoms with van der Waals surface area (Å²) in [6.07, 6.45) is 3.67. The third-order valence-corrected chi connectivity index (χ3v) is 3.50. The fourth-order valence-electron chi connectivity index (χ4n) is 2.56. The van der Waals surface area contributed by atoms with Crippen molar-refractivity contribution in [3.8, 4) is 0 Å². The minimum Gasteiger partial charge on any atom is -0.288 e. The Bertz CT molecular complexity index is 791. The van der Waals surface area contributed by atoms with Crippen LogP contribution >= 0.6 is 0 Å². The van der Waals surface area contributed by atoms with Crippen LogP contribution in [0.15, 0.2) is 54.9 Å². The summed E-state index contributed by atoms with van der Waals surface area (Å²) in [4.78, 5) is 18.5. The van der Waals surface area contributed by atoms with Gasteiger partial charge in [-0.15, -0.1) is 0 Å². The van der Waals surface area contributed by atoms with Crippen LogP contribution in [0.5, 0.6) is 0 Å². The number of pyridine rings is 1. The lowest BCUT2D eigenvalue weighted by atomic mass is 10.1. The molecule has 1 aromatic carbocycles. The molecule has 1 aliphatic rings. The smallest absolute Gasteiger partial charge is 0.260 e. The van der Waals surface area contributed by atoms with Crippen molar-refractivity contribution in [2.45, 2.75) is 6.54 Å². The zero-order valence-electron chi connectivity index (χ0n) is 10.2. The number of imidazole rings is 1. The Balaban J connectivity index is 1.85. The molecule has 0 fully saturated rings. The van der Waals surface area contributed by atoms with Gasteiger partial charge in [-0.1, -0.05) is 24.3 Å². The highest BCUT2D eigenvalue weighted by Crippen LogP contribution is 2.28. The van der Waals surface area contributed by atoms with Gasteiger partial charge in [-0.2, -0.15) is 0 Å². The first-order valence-corrected chi connectivity index (χ1v) is 6.16. The molecule has 0 bridgehead atoms. The molecule has 4 rings (SSSR count). The highest BCUT2D eigenvalue weighted by Gasteiger charge is 2.29. The third kappa shape index (κ3) is 1.40. The van der Waals surface area contributed by atoms with E-state index in [-0.39, 0.29) is 5.91 Å². The first kappa shape index (κ1) is 10.3. The molecule has 92 valence electrons. The third-order valence-electron chi connectivity index (χ3n) is 3.50. The van der Waals surface area contributed by atoms with Gasteiger partial charge in [0, 0.05) is 11.8 Å². The minimum atomic E-state index is 0.0428. The molecule has 0 atom stereocenters. The van der Waals surface area contributed by atoms with Crippen LogP contribution in [-0.2, 0) is 6.54 Å². The average Bonchev–Trinajstić information content (AvgIpc) is 3.01. The van der Waals surface area contributed by atoms with Gasteiger partial charge in [0.25, 0.3) is 5.91 Å². The van der Waals surface area contributed by atoms with Crippen LogP contribution < -0.4 is 4.90 Å². The predicted octanol–water partition coefficient (Wildman–Crippen LogP) is 2.49. The maximum absolute atomic E-state index is 12.4. The van der Waals surface area contributed by atoms with Gasteiger partial charge in [-0.05, 0) is 23.8 Å². The largest absolute Gasteiger partial charge is 0.288 e. The normalized spacial score (nSPS) is 14.1. The molecule has 0 saturated carbocycles. The molecule has 19 heavy (non-hydrogen) atoms. The molecule has 1 aliphatic heterocycles. The molecule has 3 aromatic rings. The van der Waals surface area contributed by atoms with Crippen LogP contribution in [0.4, 0.5) is 5.82 Å². The van der Waals surface area contributed by atoms with Crippen molar-refractivity contribution in [2.75, 3.05) is 4.90 Å². The number of carbonyl (C=O) groups is 1. The molecule has 1 amide bonds. The van der Waals surface area contributed by atoms with Crippen molar-refractivity contribution in [3.05, 3.63) is 66.0 Å². The monoisotopic (exact) mass is 249 g/mol. The lowest BCUT2D eigenvalue weighted by molar-refractivity contribution is 0.0995. The van der Waals surface area contributed by atoms with Gasteiger partial charge in [0.1, 0.15) is 11.5 Å². The van der Waals surface area contributed by atoms with Crippen molar-refractivity contribution in [2.24, 2.45) is 0 Å². The standard InChI is InChI=1S/C15H11N3O/c19-15-12-6-2-1-5-11(12)10-18(15)14-9-16-13-7-3-4-8-17(13)14/h1-9H,10H2. The molecule has 2 aromatic heterocycles. The van der Waals surface area contributed by atoms with E-state index in [4.69, 9.17) is 0 Å². The summed E-state index contributed by atoms with van der Waals surface area (Å²) in [6, 6.07) is 13.5. The second kappa shape index (κ2) is 3.68. The number of carbonyl (C=O) groups excluding carboxylic acids is 1. The molecule has 0 aliphatic carbocycles. The molecule has 0 spiro atoms. The fourth-order valence-corrected chi connectivity index (χ4v) is 2.56. The number of aromatic nitrogens is 2. The van der Waals surface area contributed by atoms with E-state index in [1.165, 1.54) is 0 Å². The Morgan fingerprint density at radius 2 is 1.89 bits per heavy atom. The van der Waals surface area contributed by atoms with Crippen molar-refractivity contribution < 1.29 is 4.79 Å². The van der Waals surface area contributed by atoms with Crippen LogP contribution in [0.1, 0.15) is 15.9 Å². The number of fused-ring (bicyclic) bond motifs is 2. The van der Waals surface area contributed by atoms with E-state index in [1.807, 2.05) is 53.1 Å². The molecule has 0 saturated heterocycles. The number of hydrogen-bond acceptors (Lipinski definition) is 2. The lowest BCUT2D eigenvalue weighted by Gasteiger charge is -2.14. The molecule has 0 unspecified atom stereocenters. The summed E-state index contributed by atoms with van der Waals surface area (Å²) in [5, 5.41) is 0. The lowest BCUT2D eigenvalue weighted by Crippen LogP contribution is -2.24. The highest BCUT2D eigenvalue weighted by atomic mass is 16.2. The van der Waals surface area contributed by atoms with Gasteiger partial charge in [-0.3, -0.25) is 14.1 Å². The van der Waals surface area contributed by atoms with Crippen LogP contribution in [0.2, 0.25) is 0 Å². The van der Waals surface area contributed by atoms with Crippen LogP contribution in [0.3, 0.4) is 0 Å². The number of anilines is 1. The van der Waals surface area contributed by atoms with E-state index in [9.17, 15) is 4.79 Å². The van der Waals surface area contributed by atoms with Crippen molar-refractivity contribution in [1.82, 2.24) is 9.38 Å². The first-order chi connectivity index (χ1) is 9.34. The number of rotatable bonds is 1. The van der Waals surface area contributed by atoms with Crippen molar-refractivity contribution in [3.63, 3.8) is 0 Å². The van der Waals surface area contributed by atoms with Gasteiger partial charge in [0.2, 0.25) is 0 Å². The topological polar surface area (TPSA) is 37.6 Å². The Hall–Kier alpha value is -2.62. The zero-order valence-corrected chi connectivity index (χ0v) is 10.2. The first-order valence-electron chi connectivity index (χ1n) is 6.16. The van der Waals surface area contributed by atoms with E-state index in [2.05, 4.69) is 4.98 Å². The van der Waals surface area contributed by atoms with Gasteiger partial charge >= 0.3 is 0 Å². The molecule has 0 N–H and O–H groups in total. The van der Waals surface area contributed by atoms with Crippen molar-refractivity contribution >= 4 is 17.4 Å². The summed E-state index contributed by atoms with van der Waals surface area (Å²) >= 11 is 0. The van der Waals surface area contributed by atoms with Crippen LogP contribution in [-0.4, -0.2) is 15.3 Å². The summed E-state index contributed by atoms with van der Waals surface area (Å²) in [5.74, 6) is 0.859. The maximum Gasteiger partial charge on any atom is 0.260 e. The van der Waals surface area contributed by atoms with E-state index < -0.39 is 0 Å².